The van der Waals surface area contributed by atoms with Gasteiger partial charge in [-0.1, -0.05) is 31.6 Å². The van der Waals surface area contributed by atoms with Crippen LogP contribution in [-0.2, 0) is 19.1 Å². The molecule has 2 rings (SSSR count). The Balaban J connectivity index is 1.42. The van der Waals surface area contributed by atoms with Crippen LogP contribution in [0.1, 0.15) is 57.8 Å². The molecule has 110 valence electrons. The van der Waals surface area contributed by atoms with E-state index in [2.05, 4.69) is 12.0 Å². The molecule has 20 heavy (non-hydrogen) atoms. The van der Waals surface area contributed by atoms with Gasteiger partial charge in [0, 0.05) is 19.3 Å². The first-order valence-electron chi connectivity index (χ1n) is 7.57. The second kappa shape index (κ2) is 7.94. The van der Waals surface area contributed by atoms with E-state index in [1.807, 2.05) is 0 Å². The summed E-state index contributed by atoms with van der Waals surface area (Å²) >= 11 is 0. The van der Waals surface area contributed by atoms with Crippen LogP contribution in [0.5, 0.6) is 0 Å². The molecule has 0 aromatic carbocycles. The number of hydrogen-bond donors (Lipinski definition) is 0. The lowest BCUT2D eigenvalue weighted by Gasteiger charge is -2.01. The fourth-order valence-corrected chi connectivity index (χ4v) is 1.94. The Hall–Kier alpha value is -1.50. The molecule has 0 aromatic rings. The lowest BCUT2D eigenvalue weighted by molar-refractivity contribution is -0.143. The SMILES string of the molecule is O=C(CCC1CC1)OC#CCCOC(=O)CCC1CC1. The molecule has 0 heterocycles. The quantitative estimate of drug-likeness (QED) is 0.389. The fourth-order valence-electron chi connectivity index (χ4n) is 1.94. The molecule has 0 unspecified atom stereocenters. The summed E-state index contributed by atoms with van der Waals surface area (Å²) < 4.78 is 9.81. The molecule has 0 aliphatic heterocycles. The van der Waals surface area contributed by atoms with Crippen LogP contribution in [0.25, 0.3) is 0 Å². The van der Waals surface area contributed by atoms with Crippen molar-refractivity contribution in [3.8, 4) is 12.0 Å². The number of ether oxygens (including phenoxy) is 2. The molecule has 0 amide bonds. The highest BCUT2D eigenvalue weighted by Crippen LogP contribution is 2.33. The van der Waals surface area contributed by atoms with Crippen LogP contribution in [-0.4, -0.2) is 18.5 Å². The lowest BCUT2D eigenvalue weighted by atomic mass is 10.2. The van der Waals surface area contributed by atoms with E-state index in [-0.39, 0.29) is 18.5 Å². The monoisotopic (exact) mass is 278 g/mol. The average molecular weight is 278 g/mol. The summed E-state index contributed by atoms with van der Waals surface area (Å²) in [5.41, 5.74) is 0. The minimum Gasteiger partial charge on any atom is -0.465 e. The van der Waals surface area contributed by atoms with Gasteiger partial charge in [0.25, 0.3) is 0 Å². The summed E-state index contributed by atoms with van der Waals surface area (Å²) in [6.45, 7) is 0.274. The molecule has 0 N–H and O–H groups in total. The van der Waals surface area contributed by atoms with E-state index in [1.165, 1.54) is 25.7 Å². The molecule has 0 aromatic heterocycles. The molecule has 0 radical (unpaired) electrons. The van der Waals surface area contributed by atoms with Crippen molar-refractivity contribution < 1.29 is 19.1 Å². The van der Waals surface area contributed by atoms with Crippen molar-refractivity contribution in [3.63, 3.8) is 0 Å². The number of esters is 2. The zero-order valence-electron chi connectivity index (χ0n) is 11.9. The number of carbonyl (C=O) groups is 2. The number of rotatable bonds is 8. The van der Waals surface area contributed by atoms with E-state index in [1.54, 1.807) is 0 Å². The van der Waals surface area contributed by atoms with Gasteiger partial charge in [0.05, 0.1) is 0 Å². The van der Waals surface area contributed by atoms with Crippen molar-refractivity contribution in [2.75, 3.05) is 6.61 Å². The highest BCUT2D eigenvalue weighted by Gasteiger charge is 2.22. The maximum atomic E-state index is 11.3. The van der Waals surface area contributed by atoms with Gasteiger partial charge in [-0.05, 0) is 24.7 Å². The van der Waals surface area contributed by atoms with Crippen LogP contribution in [0.3, 0.4) is 0 Å². The lowest BCUT2D eigenvalue weighted by Crippen LogP contribution is -2.05. The fraction of sp³-hybridized carbons (Fsp3) is 0.750. The molecule has 4 heteroatoms. The summed E-state index contributed by atoms with van der Waals surface area (Å²) in [5, 5.41) is 0. The topological polar surface area (TPSA) is 52.6 Å². The van der Waals surface area contributed by atoms with E-state index >= 15 is 0 Å². The van der Waals surface area contributed by atoms with Gasteiger partial charge in [0.2, 0.25) is 0 Å². The summed E-state index contributed by atoms with van der Waals surface area (Å²) in [6, 6.07) is 0. The smallest absolute Gasteiger partial charge is 0.319 e. The summed E-state index contributed by atoms with van der Waals surface area (Å²) in [4.78, 5) is 22.6. The van der Waals surface area contributed by atoms with Crippen LogP contribution >= 0.6 is 0 Å². The van der Waals surface area contributed by atoms with E-state index in [0.29, 0.717) is 19.3 Å². The second-order valence-corrected chi connectivity index (χ2v) is 5.69. The average Bonchev–Trinajstić information content (AvgIpc) is 3.31. The normalized spacial score (nSPS) is 17.0. The molecule has 0 spiro atoms. The zero-order chi connectivity index (χ0) is 14.2. The standard InChI is InChI=1S/C16H22O4/c17-15(9-7-13-3-4-13)19-11-1-2-12-20-16(18)10-8-14-5-6-14/h13-14H,1,3-11H2. The van der Waals surface area contributed by atoms with Crippen molar-refractivity contribution in [3.05, 3.63) is 0 Å². The van der Waals surface area contributed by atoms with Crippen LogP contribution in [0.4, 0.5) is 0 Å². The summed E-state index contributed by atoms with van der Waals surface area (Å²) in [6.07, 6.45) is 10.6. The first-order valence-corrected chi connectivity index (χ1v) is 7.57. The molecular weight excluding hydrogens is 256 g/mol. The molecule has 0 saturated heterocycles. The molecule has 2 aliphatic rings. The van der Waals surface area contributed by atoms with Gasteiger partial charge in [-0.25, -0.2) is 0 Å². The van der Waals surface area contributed by atoms with Crippen molar-refractivity contribution in [1.82, 2.24) is 0 Å². The van der Waals surface area contributed by atoms with Crippen molar-refractivity contribution in [2.24, 2.45) is 11.8 Å². The third-order valence-electron chi connectivity index (χ3n) is 3.63. The van der Waals surface area contributed by atoms with Crippen molar-refractivity contribution >= 4 is 11.9 Å². The van der Waals surface area contributed by atoms with Gasteiger partial charge in [-0.3, -0.25) is 9.59 Å². The van der Waals surface area contributed by atoms with E-state index in [9.17, 15) is 9.59 Å². The first kappa shape index (κ1) is 14.9. The first-order chi connectivity index (χ1) is 9.74. The Morgan fingerprint density at radius 3 is 2.15 bits per heavy atom. The molecule has 2 fully saturated rings. The molecule has 0 atom stereocenters. The maximum Gasteiger partial charge on any atom is 0.319 e. The van der Waals surface area contributed by atoms with Crippen LogP contribution < -0.4 is 0 Å². The summed E-state index contributed by atoms with van der Waals surface area (Å²) in [7, 11) is 0. The molecule has 0 bridgehead atoms. The van der Waals surface area contributed by atoms with Gasteiger partial charge >= 0.3 is 11.9 Å². The van der Waals surface area contributed by atoms with Crippen molar-refractivity contribution in [1.29, 1.82) is 0 Å². The molecule has 2 saturated carbocycles. The van der Waals surface area contributed by atoms with Crippen LogP contribution in [0.2, 0.25) is 0 Å². The predicted molar refractivity (Wildman–Crippen MR) is 73.4 cm³/mol. The largest absolute Gasteiger partial charge is 0.465 e. The van der Waals surface area contributed by atoms with Gasteiger partial charge in [0.15, 0.2) is 0 Å². The Morgan fingerprint density at radius 1 is 0.950 bits per heavy atom. The van der Waals surface area contributed by atoms with Gasteiger partial charge in [-0.15, -0.1) is 0 Å². The van der Waals surface area contributed by atoms with Gasteiger partial charge in [-0.2, -0.15) is 0 Å². The predicted octanol–water partition coefficient (Wildman–Crippen LogP) is 2.80. The Labute approximate surface area is 120 Å². The van der Waals surface area contributed by atoms with E-state index < -0.39 is 0 Å². The Morgan fingerprint density at radius 2 is 1.55 bits per heavy atom. The molecule has 2 aliphatic carbocycles. The minimum absolute atomic E-state index is 0.153. The van der Waals surface area contributed by atoms with Gasteiger partial charge in [0.1, 0.15) is 12.7 Å². The van der Waals surface area contributed by atoms with Gasteiger partial charge < -0.3 is 9.47 Å². The highest BCUT2D eigenvalue weighted by molar-refractivity contribution is 5.70. The molecule has 4 nitrogen and oxygen atoms in total. The highest BCUT2D eigenvalue weighted by atomic mass is 16.5. The van der Waals surface area contributed by atoms with E-state index in [0.717, 1.165) is 24.7 Å². The summed E-state index contributed by atoms with van der Waals surface area (Å²) in [5.74, 6) is 3.75. The number of carbonyl (C=O) groups excluding carboxylic acids is 2. The molecular formula is C16H22O4. The zero-order valence-corrected chi connectivity index (χ0v) is 11.9. The Kier molecular flexibility index (Phi) is 5.91. The Bertz CT molecular complexity index is 396. The third kappa shape index (κ3) is 7.18. The third-order valence-corrected chi connectivity index (χ3v) is 3.63. The van der Waals surface area contributed by atoms with Crippen LogP contribution in [0.15, 0.2) is 0 Å². The minimum atomic E-state index is -0.258. The van der Waals surface area contributed by atoms with E-state index in [4.69, 9.17) is 9.47 Å². The second-order valence-electron chi connectivity index (χ2n) is 5.69. The maximum absolute atomic E-state index is 11.3. The number of hydrogen-bond acceptors (Lipinski definition) is 4. The van der Waals surface area contributed by atoms with Crippen LogP contribution in [0, 0.1) is 23.9 Å². The van der Waals surface area contributed by atoms with Crippen molar-refractivity contribution in [2.45, 2.75) is 57.8 Å².